The van der Waals surface area contributed by atoms with Gasteiger partial charge >= 0.3 is 0 Å². The van der Waals surface area contributed by atoms with Crippen molar-refractivity contribution in [2.45, 2.75) is 0 Å². The fraction of sp³-hybridized carbons (Fsp3) is 0.200. The summed E-state index contributed by atoms with van der Waals surface area (Å²) in [6, 6.07) is 0. The summed E-state index contributed by atoms with van der Waals surface area (Å²) in [7, 11) is 1.64. The monoisotopic (exact) mass is 192 g/mol. The summed E-state index contributed by atoms with van der Waals surface area (Å²) < 4.78 is 0. The second kappa shape index (κ2) is 3.21. The van der Waals surface area contributed by atoms with Crippen LogP contribution in [0.1, 0.15) is 0 Å². The van der Waals surface area contributed by atoms with Gasteiger partial charge in [0.2, 0.25) is 0 Å². The summed E-state index contributed by atoms with van der Waals surface area (Å²) in [4.78, 5) is 0. The molecule has 1 aromatic heterocycles. The van der Waals surface area contributed by atoms with Crippen molar-refractivity contribution < 1.29 is 0 Å². The highest BCUT2D eigenvalue weighted by Crippen LogP contribution is 2.27. The largest absolute Gasteiger partial charge is 0.311 e. The topological polar surface area (TPSA) is 55.0 Å². The van der Waals surface area contributed by atoms with E-state index in [0.29, 0.717) is 10.7 Å². The van der Waals surface area contributed by atoms with Crippen LogP contribution in [0.5, 0.6) is 0 Å². The van der Waals surface area contributed by atoms with Crippen molar-refractivity contribution in [3.63, 3.8) is 0 Å². The highest BCUT2D eigenvalue weighted by Gasteiger charge is 2.07. The van der Waals surface area contributed by atoms with Crippen molar-refractivity contribution in [2.24, 2.45) is 5.84 Å². The summed E-state index contributed by atoms with van der Waals surface area (Å²) in [5.74, 6) is 5.41. The van der Waals surface area contributed by atoms with Gasteiger partial charge in [0.25, 0.3) is 0 Å². The van der Waals surface area contributed by atoms with Gasteiger partial charge in [-0.25, -0.2) is 5.84 Å². The number of halogens is 2. The zero-order valence-corrected chi connectivity index (χ0v) is 7.26. The standard InChI is InChI=1S/C5H6Cl2N4/c1-11(8)3-2-9-10-5(7)4(3)6/h2H,8H2,1H3. The van der Waals surface area contributed by atoms with Crippen molar-refractivity contribution in [3.05, 3.63) is 16.4 Å². The van der Waals surface area contributed by atoms with Gasteiger partial charge in [0, 0.05) is 7.05 Å². The number of hydrogen-bond donors (Lipinski definition) is 1. The van der Waals surface area contributed by atoms with Gasteiger partial charge in [-0.3, -0.25) is 0 Å². The summed E-state index contributed by atoms with van der Waals surface area (Å²) >= 11 is 11.3. The minimum Gasteiger partial charge on any atom is -0.311 e. The number of hydrogen-bond acceptors (Lipinski definition) is 4. The zero-order chi connectivity index (χ0) is 8.43. The van der Waals surface area contributed by atoms with Gasteiger partial charge in [-0.2, -0.15) is 5.10 Å². The van der Waals surface area contributed by atoms with Crippen LogP contribution in [-0.4, -0.2) is 17.2 Å². The summed E-state index contributed by atoms with van der Waals surface area (Å²) in [5.41, 5.74) is 0.548. The lowest BCUT2D eigenvalue weighted by Crippen LogP contribution is -2.25. The quantitative estimate of drug-likeness (QED) is 0.535. The van der Waals surface area contributed by atoms with Crippen LogP contribution in [-0.2, 0) is 0 Å². The highest BCUT2D eigenvalue weighted by molar-refractivity contribution is 6.42. The van der Waals surface area contributed by atoms with Crippen LogP contribution in [0.4, 0.5) is 5.69 Å². The normalized spacial score (nSPS) is 9.82. The number of nitrogens with zero attached hydrogens (tertiary/aromatic N) is 3. The molecule has 0 radical (unpaired) electrons. The molecule has 0 atom stereocenters. The second-order valence-corrected chi connectivity index (χ2v) is 2.68. The zero-order valence-electron chi connectivity index (χ0n) is 5.75. The third kappa shape index (κ3) is 1.71. The van der Waals surface area contributed by atoms with Gasteiger partial charge in [0.1, 0.15) is 5.02 Å². The Morgan fingerprint density at radius 1 is 1.55 bits per heavy atom. The van der Waals surface area contributed by atoms with Crippen LogP contribution >= 0.6 is 23.2 Å². The molecular formula is C5H6Cl2N4. The Hall–Kier alpha value is -0.580. The van der Waals surface area contributed by atoms with E-state index in [1.807, 2.05) is 0 Å². The van der Waals surface area contributed by atoms with E-state index in [0.717, 1.165) is 0 Å². The van der Waals surface area contributed by atoms with Gasteiger partial charge in [0.05, 0.1) is 11.9 Å². The van der Waals surface area contributed by atoms with E-state index in [9.17, 15) is 0 Å². The highest BCUT2D eigenvalue weighted by atomic mass is 35.5. The maximum atomic E-state index is 5.73. The van der Waals surface area contributed by atoms with Crippen LogP contribution < -0.4 is 10.9 Å². The van der Waals surface area contributed by atoms with E-state index >= 15 is 0 Å². The maximum absolute atomic E-state index is 5.73. The molecule has 11 heavy (non-hydrogen) atoms. The molecule has 0 aromatic carbocycles. The molecule has 0 bridgehead atoms. The molecular weight excluding hydrogens is 187 g/mol. The third-order valence-corrected chi connectivity index (χ3v) is 1.85. The lowest BCUT2D eigenvalue weighted by atomic mass is 10.5. The van der Waals surface area contributed by atoms with E-state index in [2.05, 4.69) is 10.2 Å². The number of rotatable bonds is 1. The molecule has 2 N–H and O–H groups in total. The number of anilines is 1. The predicted octanol–water partition coefficient (Wildman–Crippen LogP) is 1.09. The van der Waals surface area contributed by atoms with Crippen LogP contribution in [0.15, 0.2) is 6.20 Å². The SMILES string of the molecule is CN(N)c1cnnc(Cl)c1Cl. The van der Waals surface area contributed by atoms with Crippen molar-refractivity contribution in [1.29, 1.82) is 0 Å². The Morgan fingerprint density at radius 3 is 2.64 bits per heavy atom. The molecule has 0 spiro atoms. The van der Waals surface area contributed by atoms with E-state index in [1.54, 1.807) is 7.05 Å². The summed E-state index contributed by atoms with van der Waals surface area (Å²) in [6.07, 6.45) is 1.44. The van der Waals surface area contributed by atoms with Gasteiger partial charge in [0.15, 0.2) is 5.15 Å². The molecule has 1 heterocycles. The lowest BCUT2D eigenvalue weighted by Gasteiger charge is -2.12. The van der Waals surface area contributed by atoms with Crippen LogP contribution in [0.2, 0.25) is 10.2 Å². The number of aromatic nitrogens is 2. The average Bonchev–Trinajstić information content (AvgIpc) is 1.94. The molecule has 4 nitrogen and oxygen atoms in total. The molecule has 0 aliphatic heterocycles. The van der Waals surface area contributed by atoms with Crippen molar-refractivity contribution >= 4 is 28.9 Å². The summed E-state index contributed by atoms with van der Waals surface area (Å²) in [5, 5.41) is 8.89. The maximum Gasteiger partial charge on any atom is 0.172 e. The molecule has 6 heteroatoms. The molecule has 0 saturated carbocycles. The molecule has 0 aliphatic rings. The third-order valence-electron chi connectivity index (χ3n) is 1.11. The minimum atomic E-state index is 0.154. The van der Waals surface area contributed by atoms with Crippen LogP contribution in [0.3, 0.4) is 0 Å². The average molecular weight is 193 g/mol. The molecule has 60 valence electrons. The first kappa shape index (κ1) is 8.52. The first-order chi connectivity index (χ1) is 5.13. The van der Waals surface area contributed by atoms with Crippen molar-refractivity contribution in [3.8, 4) is 0 Å². The number of hydrazine groups is 1. The smallest absolute Gasteiger partial charge is 0.172 e. The van der Waals surface area contributed by atoms with E-state index in [4.69, 9.17) is 29.0 Å². The van der Waals surface area contributed by atoms with E-state index in [1.165, 1.54) is 11.2 Å². The lowest BCUT2D eigenvalue weighted by molar-refractivity contribution is 0.965. The fourth-order valence-electron chi connectivity index (χ4n) is 0.586. The Balaban J connectivity index is 3.17. The Kier molecular flexibility index (Phi) is 2.49. The molecule has 1 rings (SSSR count). The van der Waals surface area contributed by atoms with E-state index in [-0.39, 0.29) is 5.15 Å². The predicted molar refractivity (Wildman–Crippen MR) is 44.6 cm³/mol. The summed E-state index contributed by atoms with van der Waals surface area (Å²) in [6.45, 7) is 0. The molecule has 0 amide bonds. The minimum absolute atomic E-state index is 0.154. The van der Waals surface area contributed by atoms with Gasteiger partial charge in [-0.05, 0) is 0 Å². The van der Waals surface area contributed by atoms with E-state index < -0.39 is 0 Å². The first-order valence-electron chi connectivity index (χ1n) is 2.78. The van der Waals surface area contributed by atoms with Gasteiger partial charge in [-0.15, -0.1) is 5.10 Å². The van der Waals surface area contributed by atoms with Gasteiger partial charge < -0.3 is 5.01 Å². The van der Waals surface area contributed by atoms with Crippen molar-refractivity contribution in [1.82, 2.24) is 10.2 Å². The second-order valence-electron chi connectivity index (χ2n) is 1.95. The van der Waals surface area contributed by atoms with Gasteiger partial charge in [-0.1, -0.05) is 23.2 Å². The molecule has 0 aliphatic carbocycles. The first-order valence-corrected chi connectivity index (χ1v) is 3.53. The molecule has 1 aromatic rings. The Bertz CT molecular complexity index is 263. The van der Waals surface area contributed by atoms with Crippen LogP contribution in [0.25, 0.3) is 0 Å². The fourth-order valence-corrected chi connectivity index (χ4v) is 0.947. The molecule has 0 unspecified atom stereocenters. The van der Waals surface area contributed by atoms with Crippen LogP contribution in [0, 0.1) is 0 Å². The van der Waals surface area contributed by atoms with Crippen molar-refractivity contribution in [2.75, 3.05) is 12.1 Å². The molecule has 0 fully saturated rings. The number of nitrogens with two attached hydrogens (primary N) is 1. The Morgan fingerprint density at radius 2 is 2.18 bits per heavy atom. The Labute approximate surface area is 73.9 Å². The molecule has 0 saturated heterocycles.